The predicted molar refractivity (Wildman–Crippen MR) is 122 cm³/mol. The molecule has 3 aromatic rings. The van der Waals surface area contributed by atoms with E-state index >= 15 is 0 Å². The van der Waals surface area contributed by atoms with Crippen molar-refractivity contribution in [2.75, 3.05) is 13.7 Å². The Hall–Kier alpha value is -2.51. The van der Waals surface area contributed by atoms with Crippen molar-refractivity contribution in [1.29, 1.82) is 0 Å². The number of esters is 1. The van der Waals surface area contributed by atoms with Crippen LogP contribution >= 0.6 is 22.7 Å². The van der Waals surface area contributed by atoms with E-state index in [1.807, 2.05) is 57.2 Å². The Labute approximate surface area is 184 Å². The molecule has 0 aliphatic heterocycles. The summed E-state index contributed by atoms with van der Waals surface area (Å²) in [5, 5.41) is 0.653. The van der Waals surface area contributed by atoms with E-state index in [0.717, 1.165) is 21.1 Å². The van der Waals surface area contributed by atoms with Crippen molar-refractivity contribution in [3.63, 3.8) is 0 Å². The highest BCUT2D eigenvalue weighted by Crippen LogP contribution is 2.38. The standard InChI is InChI=1S/C23H25NO4S2/c1-6-28-22(26)20-19(16(25)13-23(2,3)4)24-21(30-20)18-12-11-17(29-18)14-7-9-15(27-5)10-8-14/h7-12H,6,13H2,1-5H3. The van der Waals surface area contributed by atoms with Gasteiger partial charge in [0.05, 0.1) is 18.6 Å². The monoisotopic (exact) mass is 443 g/mol. The Balaban J connectivity index is 1.95. The minimum absolute atomic E-state index is 0.139. The lowest BCUT2D eigenvalue weighted by molar-refractivity contribution is 0.0528. The highest BCUT2D eigenvalue weighted by molar-refractivity contribution is 7.24. The van der Waals surface area contributed by atoms with Gasteiger partial charge in [-0.2, -0.15) is 0 Å². The normalized spacial score (nSPS) is 11.4. The lowest BCUT2D eigenvalue weighted by Gasteiger charge is -2.16. The van der Waals surface area contributed by atoms with Gasteiger partial charge in [-0.25, -0.2) is 9.78 Å². The van der Waals surface area contributed by atoms with Gasteiger partial charge in [-0.3, -0.25) is 4.79 Å². The zero-order valence-electron chi connectivity index (χ0n) is 17.8. The van der Waals surface area contributed by atoms with Crippen LogP contribution in [0.4, 0.5) is 0 Å². The second kappa shape index (κ2) is 9.10. The maximum absolute atomic E-state index is 12.8. The SMILES string of the molecule is CCOC(=O)c1sc(-c2ccc(-c3ccc(OC)cc3)s2)nc1C(=O)CC(C)(C)C. The van der Waals surface area contributed by atoms with Gasteiger partial charge in [0, 0.05) is 11.3 Å². The second-order valence-corrected chi connectivity index (χ2v) is 10.1. The van der Waals surface area contributed by atoms with E-state index in [1.54, 1.807) is 25.4 Å². The highest BCUT2D eigenvalue weighted by Gasteiger charge is 2.28. The van der Waals surface area contributed by atoms with Crippen LogP contribution in [0.5, 0.6) is 5.75 Å². The Morgan fingerprint density at radius 3 is 2.27 bits per heavy atom. The zero-order valence-corrected chi connectivity index (χ0v) is 19.4. The molecule has 158 valence electrons. The molecule has 3 rings (SSSR count). The molecule has 5 nitrogen and oxygen atoms in total. The van der Waals surface area contributed by atoms with Crippen LogP contribution in [0, 0.1) is 5.41 Å². The van der Waals surface area contributed by atoms with Gasteiger partial charge in [0.15, 0.2) is 5.78 Å². The van der Waals surface area contributed by atoms with Crippen molar-refractivity contribution in [3.8, 4) is 26.1 Å². The maximum Gasteiger partial charge on any atom is 0.350 e. The topological polar surface area (TPSA) is 65.5 Å². The summed E-state index contributed by atoms with van der Waals surface area (Å²) in [5.74, 6) is 0.168. The van der Waals surface area contributed by atoms with E-state index in [0.29, 0.717) is 11.4 Å². The second-order valence-electron chi connectivity index (χ2n) is 7.97. The number of carbonyl (C=O) groups is 2. The first-order valence-corrected chi connectivity index (χ1v) is 11.3. The van der Waals surface area contributed by atoms with Crippen LogP contribution in [-0.4, -0.2) is 30.5 Å². The van der Waals surface area contributed by atoms with Crippen LogP contribution < -0.4 is 4.74 Å². The molecule has 2 heterocycles. The summed E-state index contributed by atoms with van der Waals surface area (Å²) in [6.45, 7) is 7.96. The summed E-state index contributed by atoms with van der Waals surface area (Å²) in [6, 6.07) is 11.8. The molecule has 30 heavy (non-hydrogen) atoms. The van der Waals surface area contributed by atoms with E-state index in [4.69, 9.17) is 9.47 Å². The fourth-order valence-electron chi connectivity index (χ4n) is 2.88. The predicted octanol–water partition coefficient (Wildman–Crippen LogP) is 6.34. The van der Waals surface area contributed by atoms with Crippen LogP contribution in [0.25, 0.3) is 20.3 Å². The van der Waals surface area contributed by atoms with Gasteiger partial charge in [0.1, 0.15) is 21.3 Å². The van der Waals surface area contributed by atoms with E-state index in [2.05, 4.69) is 4.98 Å². The smallest absolute Gasteiger partial charge is 0.350 e. The van der Waals surface area contributed by atoms with Crippen LogP contribution in [0.15, 0.2) is 36.4 Å². The Morgan fingerprint density at radius 1 is 1.00 bits per heavy atom. The number of benzene rings is 1. The van der Waals surface area contributed by atoms with E-state index in [9.17, 15) is 9.59 Å². The summed E-state index contributed by atoms with van der Waals surface area (Å²) in [4.78, 5) is 32.1. The van der Waals surface area contributed by atoms with E-state index in [1.165, 1.54) is 11.3 Å². The fraction of sp³-hybridized carbons (Fsp3) is 0.348. The molecular formula is C23H25NO4S2. The van der Waals surface area contributed by atoms with Crippen molar-refractivity contribution in [1.82, 2.24) is 4.98 Å². The third-order valence-corrected chi connectivity index (χ3v) is 6.57. The van der Waals surface area contributed by atoms with Gasteiger partial charge in [0.25, 0.3) is 0 Å². The molecule has 1 aromatic carbocycles. The van der Waals surface area contributed by atoms with Gasteiger partial charge < -0.3 is 9.47 Å². The van der Waals surface area contributed by atoms with Crippen molar-refractivity contribution >= 4 is 34.4 Å². The number of thiophene rings is 1. The average molecular weight is 444 g/mol. The summed E-state index contributed by atoms with van der Waals surface area (Å²) >= 11 is 2.78. The maximum atomic E-state index is 12.8. The van der Waals surface area contributed by atoms with Crippen LogP contribution in [0.3, 0.4) is 0 Å². The first-order chi connectivity index (χ1) is 14.2. The number of rotatable bonds is 7. The number of nitrogens with zero attached hydrogens (tertiary/aromatic N) is 1. The Morgan fingerprint density at radius 2 is 1.67 bits per heavy atom. The lowest BCUT2D eigenvalue weighted by atomic mass is 9.89. The minimum atomic E-state index is -0.495. The van der Waals surface area contributed by atoms with Crippen LogP contribution in [-0.2, 0) is 4.74 Å². The average Bonchev–Trinajstić information content (AvgIpc) is 3.34. The largest absolute Gasteiger partial charge is 0.497 e. The van der Waals surface area contributed by atoms with Crippen LogP contribution in [0.2, 0.25) is 0 Å². The summed E-state index contributed by atoms with van der Waals surface area (Å²) in [7, 11) is 1.64. The number of hydrogen-bond acceptors (Lipinski definition) is 7. The van der Waals surface area contributed by atoms with Crippen molar-refractivity contribution in [2.45, 2.75) is 34.1 Å². The summed E-state index contributed by atoms with van der Waals surface area (Å²) in [5.41, 5.74) is 1.08. The molecule has 2 aromatic heterocycles. The number of aromatic nitrogens is 1. The number of hydrogen-bond donors (Lipinski definition) is 0. The summed E-state index contributed by atoms with van der Waals surface area (Å²) < 4.78 is 10.4. The number of thiazole rings is 1. The highest BCUT2D eigenvalue weighted by atomic mass is 32.1. The lowest BCUT2D eigenvalue weighted by Crippen LogP contribution is -2.16. The molecular weight excluding hydrogens is 418 g/mol. The number of Topliss-reactive ketones (excluding diaryl/α,β-unsaturated/α-hetero) is 1. The van der Waals surface area contributed by atoms with Crippen molar-refractivity contribution in [2.24, 2.45) is 5.41 Å². The molecule has 0 bridgehead atoms. The van der Waals surface area contributed by atoms with Gasteiger partial charge in [0.2, 0.25) is 0 Å². The Kier molecular flexibility index (Phi) is 6.73. The van der Waals surface area contributed by atoms with Crippen LogP contribution in [0.1, 0.15) is 54.3 Å². The number of carbonyl (C=O) groups excluding carboxylic acids is 2. The summed E-state index contributed by atoms with van der Waals surface area (Å²) in [6.07, 6.45) is 0.310. The molecule has 0 aliphatic rings. The molecule has 0 spiro atoms. The van der Waals surface area contributed by atoms with E-state index in [-0.39, 0.29) is 28.4 Å². The molecule has 0 saturated heterocycles. The van der Waals surface area contributed by atoms with Crippen molar-refractivity contribution < 1.29 is 19.1 Å². The molecule has 0 atom stereocenters. The quantitative estimate of drug-likeness (QED) is 0.315. The fourth-order valence-corrected chi connectivity index (χ4v) is 4.92. The van der Waals surface area contributed by atoms with Gasteiger partial charge in [-0.15, -0.1) is 22.7 Å². The molecule has 0 unspecified atom stereocenters. The molecule has 0 saturated carbocycles. The van der Waals surface area contributed by atoms with Crippen molar-refractivity contribution in [3.05, 3.63) is 47.0 Å². The molecule has 0 fully saturated rings. The molecule has 7 heteroatoms. The van der Waals surface area contributed by atoms with Gasteiger partial charge in [-0.05, 0) is 54.3 Å². The molecule has 0 radical (unpaired) electrons. The number of ether oxygens (including phenoxy) is 2. The molecule has 0 N–H and O–H groups in total. The minimum Gasteiger partial charge on any atom is -0.497 e. The molecule has 0 aliphatic carbocycles. The third kappa shape index (κ3) is 5.15. The van der Waals surface area contributed by atoms with Gasteiger partial charge in [-0.1, -0.05) is 20.8 Å². The van der Waals surface area contributed by atoms with Gasteiger partial charge >= 0.3 is 5.97 Å². The first kappa shape index (κ1) is 22.2. The van der Waals surface area contributed by atoms with E-state index < -0.39 is 5.97 Å². The molecule has 0 amide bonds. The number of ketones is 1. The Bertz CT molecular complexity index is 1040. The first-order valence-electron chi connectivity index (χ1n) is 9.67. The zero-order chi connectivity index (χ0) is 21.9. The number of methoxy groups -OCH3 is 1. The third-order valence-electron chi connectivity index (χ3n) is 4.23.